The molecule has 0 aliphatic carbocycles. The highest BCUT2D eigenvalue weighted by atomic mass is 16.5. The van der Waals surface area contributed by atoms with Crippen molar-refractivity contribution in [2.75, 3.05) is 20.3 Å². The topological polar surface area (TPSA) is 72.8 Å². The molecule has 5 heteroatoms. The van der Waals surface area contributed by atoms with Crippen LogP contribution in [0.15, 0.2) is 0 Å². The highest BCUT2D eigenvalue weighted by molar-refractivity contribution is 5.68. The molecule has 0 atom stereocenters. The van der Waals surface area contributed by atoms with Crippen LogP contribution in [0.5, 0.6) is 0 Å². The Bertz CT molecular complexity index is 137. The Morgan fingerprint density at radius 1 is 1.38 bits per heavy atom. The number of carbonyl (C=O) groups is 2. The van der Waals surface area contributed by atoms with Crippen LogP contribution in [0, 0.1) is 0 Å². The summed E-state index contributed by atoms with van der Waals surface area (Å²) >= 11 is 0. The van der Waals surface area contributed by atoms with E-state index in [1.165, 1.54) is 14.0 Å². The molecule has 1 N–H and O–H groups in total. The van der Waals surface area contributed by atoms with E-state index < -0.39 is 0 Å². The van der Waals surface area contributed by atoms with Gasteiger partial charge in [0.1, 0.15) is 6.61 Å². The Kier molecular flexibility index (Phi) is 12.1. The van der Waals surface area contributed by atoms with Crippen molar-refractivity contribution in [1.29, 1.82) is 0 Å². The number of rotatable bonds is 3. The summed E-state index contributed by atoms with van der Waals surface area (Å²) in [5, 5.41) is 8.04. The van der Waals surface area contributed by atoms with Crippen molar-refractivity contribution in [2.24, 2.45) is 0 Å². The molecule has 13 heavy (non-hydrogen) atoms. The van der Waals surface area contributed by atoms with Gasteiger partial charge in [0, 0.05) is 13.3 Å². The van der Waals surface area contributed by atoms with E-state index >= 15 is 0 Å². The van der Waals surface area contributed by atoms with Gasteiger partial charge in [0.15, 0.2) is 0 Å². The zero-order valence-corrected chi connectivity index (χ0v) is 8.20. The minimum atomic E-state index is -0.353. The average molecular weight is 192 g/mol. The van der Waals surface area contributed by atoms with Crippen LogP contribution in [0.25, 0.3) is 0 Å². The summed E-state index contributed by atoms with van der Waals surface area (Å²) < 4.78 is 8.56. The Morgan fingerprint density at radius 3 is 2.00 bits per heavy atom. The predicted octanol–water partition coefficient (Wildman–Crippen LogP) is 0.111. The van der Waals surface area contributed by atoms with Crippen LogP contribution < -0.4 is 0 Å². The highest BCUT2D eigenvalue weighted by Gasteiger charge is 1.87. The van der Waals surface area contributed by atoms with Crippen LogP contribution in [-0.2, 0) is 19.1 Å². The van der Waals surface area contributed by atoms with Crippen molar-refractivity contribution in [3.05, 3.63) is 0 Å². The molecule has 0 rings (SSSR count). The standard InChI is InChI=1S/C4H8O3.C4H8O2/c1-4(6)7-3-2-5;1-3-4(5)6-2/h5H,2-3H2,1H3;3H2,1-2H3. The normalized spacial score (nSPS) is 8.00. The lowest BCUT2D eigenvalue weighted by Gasteiger charge is -1.93. The van der Waals surface area contributed by atoms with E-state index in [1.807, 2.05) is 0 Å². The molecule has 0 saturated carbocycles. The molecular weight excluding hydrogens is 176 g/mol. The molecule has 0 aliphatic heterocycles. The number of methoxy groups -OCH3 is 1. The maximum absolute atomic E-state index is 9.96. The van der Waals surface area contributed by atoms with Gasteiger partial charge in [-0.15, -0.1) is 0 Å². The first-order valence-corrected chi connectivity index (χ1v) is 3.89. The molecule has 78 valence electrons. The summed E-state index contributed by atoms with van der Waals surface area (Å²) in [6.07, 6.45) is 0.469. The van der Waals surface area contributed by atoms with Crippen molar-refractivity contribution in [1.82, 2.24) is 0 Å². The lowest BCUT2D eigenvalue weighted by molar-refractivity contribution is -0.142. The van der Waals surface area contributed by atoms with Gasteiger partial charge in [-0.1, -0.05) is 6.92 Å². The lowest BCUT2D eigenvalue weighted by Crippen LogP contribution is -2.03. The first kappa shape index (κ1) is 14.4. The number of aliphatic hydroxyl groups is 1. The Hall–Kier alpha value is -1.10. The first-order valence-electron chi connectivity index (χ1n) is 3.89. The molecule has 0 aromatic carbocycles. The molecule has 0 saturated heterocycles. The highest BCUT2D eigenvalue weighted by Crippen LogP contribution is 1.76. The maximum atomic E-state index is 9.96. The molecule has 0 aliphatic rings. The van der Waals surface area contributed by atoms with E-state index in [1.54, 1.807) is 6.92 Å². The Balaban J connectivity index is 0. The minimum absolute atomic E-state index is 0.0976. The van der Waals surface area contributed by atoms with Crippen LogP contribution in [0.2, 0.25) is 0 Å². The van der Waals surface area contributed by atoms with Crippen molar-refractivity contribution < 1.29 is 24.2 Å². The fourth-order valence-electron chi connectivity index (χ4n) is 0.334. The van der Waals surface area contributed by atoms with Crippen LogP contribution in [0.4, 0.5) is 0 Å². The van der Waals surface area contributed by atoms with Crippen LogP contribution >= 0.6 is 0 Å². The summed E-state index contributed by atoms with van der Waals surface area (Å²) in [6.45, 7) is 3.07. The molecule has 5 nitrogen and oxygen atoms in total. The zero-order chi connectivity index (χ0) is 10.7. The fourth-order valence-corrected chi connectivity index (χ4v) is 0.334. The summed E-state index contributed by atoms with van der Waals surface area (Å²) in [5.41, 5.74) is 0. The Morgan fingerprint density at radius 2 is 1.92 bits per heavy atom. The SMILES string of the molecule is CC(=O)OCCO.CCC(=O)OC. The van der Waals surface area contributed by atoms with Gasteiger partial charge in [-0.3, -0.25) is 9.59 Å². The van der Waals surface area contributed by atoms with Gasteiger partial charge >= 0.3 is 11.9 Å². The van der Waals surface area contributed by atoms with E-state index in [0.29, 0.717) is 6.42 Å². The lowest BCUT2D eigenvalue weighted by atomic mass is 10.5. The van der Waals surface area contributed by atoms with E-state index in [0.717, 1.165) is 0 Å². The van der Waals surface area contributed by atoms with Crippen molar-refractivity contribution in [3.63, 3.8) is 0 Å². The van der Waals surface area contributed by atoms with Gasteiger partial charge in [0.05, 0.1) is 13.7 Å². The summed E-state index contributed by atoms with van der Waals surface area (Å²) in [5.74, 6) is -0.510. The molecule has 0 fully saturated rings. The molecule has 0 heterocycles. The number of aliphatic hydroxyl groups excluding tert-OH is 1. The fraction of sp³-hybridized carbons (Fsp3) is 0.750. The number of carbonyl (C=O) groups excluding carboxylic acids is 2. The monoisotopic (exact) mass is 192 g/mol. The zero-order valence-electron chi connectivity index (χ0n) is 8.20. The molecule has 0 spiro atoms. The van der Waals surface area contributed by atoms with Gasteiger partial charge in [-0.25, -0.2) is 0 Å². The maximum Gasteiger partial charge on any atom is 0.305 e. The number of ether oxygens (including phenoxy) is 2. The van der Waals surface area contributed by atoms with Crippen LogP contribution in [0.1, 0.15) is 20.3 Å². The first-order chi connectivity index (χ1) is 6.08. The van der Waals surface area contributed by atoms with Gasteiger partial charge in [-0.05, 0) is 0 Å². The molecule has 0 radical (unpaired) electrons. The molecule has 0 bridgehead atoms. The van der Waals surface area contributed by atoms with Crippen molar-refractivity contribution in [3.8, 4) is 0 Å². The van der Waals surface area contributed by atoms with E-state index in [9.17, 15) is 9.59 Å². The van der Waals surface area contributed by atoms with Crippen molar-refractivity contribution in [2.45, 2.75) is 20.3 Å². The molecule has 0 aromatic heterocycles. The minimum Gasteiger partial charge on any atom is -0.469 e. The predicted molar refractivity (Wildman–Crippen MR) is 46.0 cm³/mol. The van der Waals surface area contributed by atoms with E-state index in [-0.39, 0.29) is 25.2 Å². The third-order valence-corrected chi connectivity index (χ3v) is 0.913. The summed E-state index contributed by atoms with van der Waals surface area (Å²) in [7, 11) is 1.38. The van der Waals surface area contributed by atoms with Gasteiger partial charge < -0.3 is 14.6 Å². The molecular formula is C8H16O5. The van der Waals surface area contributed by atoms with Crippen molar-refractivity contribution >= 4 is 11.9 Å². The second kappa shape index (κ2) is 10.9. The molecule has 0 aromatic rings. The summed E-state index contributed by atoms with van der Waals surface area (Å²) in [4.78, 5) is 19.8. The molecule has 0 unspecified atom stereocenters. The molecule has 0 amide bonds. The van der Waals surface area contributed by atoms with Gasteiger partial charge in [-0.2, -0.15) is 0 Å². The third-order valence-electron chi connectivity index (χ3n) is 0.913. The number of hydrogen-bond acceptors (Lipinski definition) is 5. The second-order valence-corrected chi connectivity index (χ2v) is 1.99. The van der Waals surface area contributed by atoms with Crippen LogP contribution in [0.3, 0.4) is 0 Å². The number of hydrogen-bond donors (Lipinski definition) is 1. The third kappa shape index (κ3) is 18.1. The average Bonchev–Trinajstić information content (AvgIpc) is 2.14. The Labute approximate surface area is 77.6 Å². The smallest absolute Gasteiger partial charge is 0.305 e. The largest absolute Gasteiger partial charge is 0.469 e. The van der Waals surface area contributed by atoms with Crippen LogP contribution in [-0.4, -0.2) is 37.4 Å². The van der Waals surface area contributed by atoms with Gasteiger partial charge in [0.2, 0.25) is 0 Å². The van der Waals surface area contributed by atoms with E-state index in [2.05, 4.69) is 9.47 Å². The second-order valence-electron chi connectivity index (χ2n) is 1.99. The number of esters is 2. The summed E-state index contributed by atoms with van der Waals surface area (Å²) in [6, 6.07) is 0. The van der Waals surface area contributed by atoms with E-state index in [4.69, 9.17) is 5.11 Å². The van der Waals surface area contributed by atoms with Gasteiger partial charge in [0.25, 0.3) is 0 Å². The quantitative estimate of drug-likeness (QED) is 0.642.